The van der Waals surface area contributed by atoms with Crippen molar-refractivity contribution in [2.45, 2.75) is 6.92 Å². The fraction of sp³-hybridized carbons (Fsp3) is 0.263. The molecule has 2 aromatic rings. The number of rotatable bonds is 6. The third-order valence-electron chi connectivity index (χ3n) is 4.29. The predicted octanol–water partition coefficient (Wildman–Crippen LogP) is 2.21. The molecule has 1 saturated heterocycles. The maximum Gasteiger partial charge on any atom is 0.248 e. The van der Waals surface area contributed by atoms with Gasteiger partial charge in [-0.2, -0.15) is 0 Å². The summed E-state index contributed by atoms with van der Waals surface area (Å²) >= 11 is 0. The number of aliphatic hydroxyl groups is 1. The van der Waals surface area contributed by atoms with Crippen LogP contribution in [0.4, 0.5) is 5.69 Å². The number of carbonyl (C=O) groups is 2. The topological polar surface area (TPSA) is 92.9 Å². The van der Waals surface area contributed by atoms with Gasteiger partial charge in [0.1, 0.15) is 11.5 Å². The molecule has 1 aliphatic heterocycles. The molecule has 3 N–H and O–H groups in total. The van der Waals surface area contributed by atoms with Crippen molar-refractivity contribution in [3.63, 3.8) is 0 Å². The van der Waals surface area contributed by atoms with Gasteiger partial charge in [0.15, 0.2) is 5.78 Å². The minimum atomic E-state index is -0.577. The van der Waals surface area contributed by atoms with Crippen molar-refractivity contribution in [1.82, 2.24) is 0 Å². The van der Waals surface area contributed by atoms with Crippen LogP contribution < -0.4 is 15.4 Å². The van der Waals surface area contributed by atoms with E-state index in [9.17, 15) is 9.59 Å². The van der Waals surface area contributed by atoms with Gasteiger partial charge in [0.25, 0.3) is 0 Å². The highest BCUT2D eigenvalue weighted by molar-refractivity contribution is 5.99. The first kappa shape index (κ1) is 17.0. The Morgan fingerprint density at radius 3 is 2.44 bits per heavy atom. The average molecular weight is 340 g/mol. The van der Waals surface area contributed by atoms with E-state index in [0.29, 0.717) is 23.0 Å². The van der Waals surface area contributed by atoms with Gasteiger partial charge in [-0.05, 0) is 49.4 Å². The Morgan fingerprint density at radius 2 is 1.88 bits per heavy atom. The van der Waals surface area contributed by atoms with Crippen LogP contribution in [0.1, 0.15) is 27.6 Å². The summed E-state index contributed by atoms with van der Waals surface area (Å²) in [5.41, 5.74) is 7.02. The molecule has 25 heavy (non-hydrogen) atoms. The Labute approximate surface area is 145 Å². The molecule has 1 heterocycles. The number of nitrogens with two attached hydrogens (primary N) is 1. The van der Waals surface area contributed by atoms with Crippen molar-refractivity contribution < 1.29 is 19.4 Å². The number of ether oxygens (including phenoxy) is 1. The smallest absolute Gasteiger partial charge is 0.248 e. The third kappa shape index (κ3) is 3.64. The average Bonchev–Trinajstić information content (AvgIpc) is 2.55. The Bertz CT molecular complexity index is 796. The molecule has 0 bridgehead atoms. The molecule has 130 valence electrons. The zero-order chi connectivity index (χ0) is 18.0. The largest absolute Gasteiger partial charge is 0.457 e. The predicted molar refractivity (Wildman–Crippen MR) is 94.3 cm³/mol. The Kier molecular flexibility index (Phi) is 4.72. The lowest BCUT2D eigenvalue weighted by Crippen LogP contribution is -2.48. The zero-order valence-electron chi connectivity index (χ0n) is 13.9. The molecular formula is C19H20N2O4. The van der Waals surface area contributed by atoms with Gasteiger partial charge < -0.3 is 20.5 Å². The summed E-state index contributed by atoms with van der Waals surface area (Å²) in [6.45, 7) is 3.33. The Morgan fingerprint density at radius 1 is 1.20 bits per heavy atom. The second-order valence-electron chi connectivity index (χ2n) is 6.18. The lowest BCUT2D eigenvalue weighted by Gasteiger charge is -2.40. The molecule has 0 aromatic heterocycles. The van der Waals surface area contributed by atoms with E-state index in [2.05, 4.69) is 4.90 Å². The van der Waals surface area contributed by atoms with Crippen LogP contribution in [0.3, 0.4) is 0 Å². The summed E-state index contributed by atoms with van der Waals surface area (Å²) in [4.78, 5) is 25.3. The van der Waals surface area contributed by atoms with Crippen LogP contribution in [0, 0.1) is 5.92 Å². The van der Waals surface area contributed by atoms with Crippen molar-refractivity contribution in [2.24, 2.45) is 11.7 Å². The van der Waals surface area contributed by atoms with E-state index in [0.717, 1.165) is 18.8 Å². The highest BCUT2D eigenvalue weighted by atomic mass is 16.5. The normalized spacial score (nSPS) is 14.1. The summed E-state index contributed by atoms with van der Waals surface area (Å²) in [5, 5.41) is 9.08. The fourth-order valence-electron chi connectivity index (χ4n) is 2.80. The van der Waals surface area contributed by atoms with E-state index in [-0.39, 0.29) is 18.0 Å². The number of amides is 1. The highest BCUT2D eigenvalue weighted by Crippen LogP contribution is 2.30. The molecule has 1 aliphatic rings. The molecule has 6 nitrogen and oxygen atoms in total. The number of primary amides is 1. The van der Waals surface area contributed by atoms with Crippen LogP contribution >= 0.6 is 0 Å². The van der Waals surface area contributed by atoms with Crippen LogP contribution in [0.25, 0.3) is 0 Å². The summed E-state index contributed by atoms with van der Waals surface area (Å²) in [5.74, 6) is 0.475. The van der Waals surface area contributed by atoms with E-state index in [1.54, 1.807) is 6.07 Å². The summed E-state index contributed by atoms with van der Waals surface area (Å²) < 4.78 is 5.80. The van der Waals surface area contributed by atoms with Crippen molar-refractivity contribution in [2.75, 3.05) is 24.6 Å². The lowest BCUT2D eigenvalue weighted by atomic mass is 10.0. The van der Waals surface area contributed by atoms with Crippen molar-refractivity contribution in [3.05, 3.63) is 53.6 Å². The second kappa shape index (κ2) is 6.94. The van der Waals surface area contributed by atoms with Crippen molar-refractivity contribution in [3.8, 4) is 11.5 Å². The van der Waals surface area contributed by atoms with Crippen LogP contribution in [-0.4, -0.2) is 36.5 Å². The number of anilines is 1. The van der Waals surface area contributed by atoms with Gasteiger partial charge in [0, 0.05) is 36.9 Å². The van der Waals surface area contributed by atoms with Gasteiger partial charge in [0.05, 0.1) is 5.56 Å². The maximum atomic E-state index is 11.8. The summed E-state index contributed by atoms with van der Waals surface area (Å²) in [6, 6.07) is 12.0. The van der Waals surface area contributed by atoms with E-state index in [1.807, 2.05) is 24.3 Å². The zero-order valence-corrected chi connectivity index (χ0v) is 13.9. The number of hydrogen-bond donors (Lipinski definition) is 2. The van der Waals surface area contributed by atoms with Gasteiger partial charge in [0.2, 0.25) is 5.91 Å². The first-order valence-electron chi connectivity index (χ1n) is 8.06. The third-order valence-corrected chi connectivity index (χ3v) is 4.29. The molecule has 0 saturated carbocycles. The molecule has 3 rings (SSSR count). The maximum absolute atomic E-state index is 11.8. The number of hydrogen-bond acceptors (Lipinski definition) is 5. The fourth-order valence-corrected chi connectivity index (χ4v) is 2.80. The number of carbonyl (C=O) groups excluding carboxylic acids is 2. The molecule has 6 heteroatoms. The number of benzene rings is 2. The van der Waals surface area contributed by atoms with Gasteiger partial charge in [-0.15, -0.1) is 0 Å². The SMILES string of the molecule is CC(=O)c1ccc(C(N)=O)cc1Oc1ccc(N2CC(CO)C2)cc1. The van der Waals surface area contributed by atoms with Gasteiger partial charge >= 0.3 is 0 Å². The summed E-state index contributed by atoms with van der Waals surface area (Å²) in [6.07, 6.45) is 0. The minimum Gasteiger partial charge on any atom is -0.457 e. The Balaban J connectivity index is 1.78. The van der Waals surface area contributed by atoms with Gasteiger partial charge in [-0.3, -0.25) is 9.59 Å². The number of Topliss-reactive ketones (excluding diaryl/α,β-unsaturated/α-hetero) is 1. The first-order valence-corrected chi connectivity index (χ1v) is 8.06. The van der Waals surface area contributed by atoms with Crippen LogP contribution in [0.15, 0.2) is 42.5 Å². The molecule has 2 aromatic carbocycles. The Hall–Kier alpha value is -2.86. The van der Waals surface area contributed by atoms with Gasteiger partial charge in [-0.25, -0.2) is 0 Å². The standard InChI is InChI=1S/C19H20N2O4/c1-12(23)17-7-2-14(19(20)24)8-18(17)25-16-5-3-15(4-6-16)21-9-13(10-21)11-22/h2-8,13,22H,9-11H2,1H3,(H2,20,24). The molecular weight excluding hydrogens is 320 g/mol. The first-order chi connectivity index (χ1) is 12.0. The van der Waals surface area contributed by atoms with Gasteiger partial charge in [-0.1, -0.05) is 0 Å². The number of nitrogens with zero attached hydrogens (tertiary/aromatic N) is 1. The molecule has 0 radical (unpaired) electrons. The van der Waals surface area contributed by atoms with Crippen LogP contribution in [0.5, 0.6) is 11.5 Å². The molecule has 1 fully saturated rings. The van der Waals surface area contributed by atoms with E-state index in [4.69, 9.17) is 15.6 Å². The van der Waals surface area contributed by atoms with Crippen LogP contribution in [-0.2, 0) is 0 Å². The van der Waals surface area contributed by atoms with Crippen molar-refractivity contribution >= 4 is 17.4 Å². The quantitative estimate of drug-likeness (QED) is 0.787. The molecule has 0 aliphatic carbocycles. The van der Waals surface area contributed by atoms with E-state index < -0.39 is 5.91 Å². The highest BCUT2D eigenvalue weighted by Gasteiger charge is 2.25. The number of aliphatic hydroxyl groups excluding tert-OH is 1. The van der Waals surface area contributed by atoms with Crippen LogP contribution in [0.2, 0.25) is 0 Å². The molecule has 0 spiro atoms. The van der Waals surface area contributed by atoms with Crippen molar-refractivity contribution in [1.29, 1.82) is 0 Å². The monoisotopic (exact) mass is 340 g/mol. The molecule has 0 unspecified atom stereocenters. The number of ketones is 1. The molecule has 0 atom stereocenters. The van der Waals surface area contributed by atoms with E-state index >= 15 is 0 Å². The minimum absolute atomic E-state index is 0.154. The summed E-state index contributed by atoms with van der Waals surface area (Å²) in [7, 11) is 0. The second-order valence-corrected chi connectivity index (χ2v) is 6.18. The molecule has 1 amide bonds. The lowest BCUT2D eigenvalue weighted by molar-refractivity contribution is 0.0991. The van der Waals surface area contributed by atoms with E-state index in [1.165, 1.54) is 19.1 Å².